The molecule has 1 saturated heterocycles. The number of hydrogen-bond donors (Lipinski definition) is 0. The van der Waals surface area contributed by atoms with Crippen LogP contribution in [0.1, 0.15) is 46.0 Å². The van der Waals surface area contributed by atoms with Crippen LogP contribution in [0.3, 0.4) is 0 Å². The van der Waals surface area contributed by atoms with Crippen LogP contribution in [0, 0.1) is 11.1 Å². The van der Waals surface area contributed by atoms with E-state index in [0.29, 0.717) is 48.0 Å². The molecule has 0 spiro atoms. The first-order valence-corrected chi connectivity index (χ1v) is 16.5. The predicted octanol–water partition coefficient (Wildman–Crippen LogP) is 5.39. The standard InChI is InChI=1S/C30H30Cl2F2N2O7S/c31-24-16-36(38)17-25(32)23(24)14-27(22-7-8-26(43-30(33)34)28(13-22)41-18-20-1-2-20)42-29(37)21-5-3-19(4-6-21)15-35-9-11-44(39,40)12-10-35/h3-8,13,16-17,20,27,30H,1-2,9-12,14-15,18H2. The van der Waals surface area contributed by atoms with E-state index in [1.165, 1.54) is 18.2 Å². The van der Waals surface area contributed by atoms with E-state index in [-0.39, 0.29) is 45.0 Å². The van der Waals surface area contributed by atoms with Crippen molar-refractivity contribution in [2.45, 2.75) is 38.5 Å². The van der Waals surface area contributed by atoms with Crippen LogP contribution in [0.4, 0.5) is 8.78 Å². The summed E-state index contributed by atoms with van der Waals surface area (Å²) in [5, 5.41) is 11.9. The summed E-state index contributed by atoms with van der Waals surface area (Å²) in [6, 6.07) is 11.1. The average Bonchev–Trinajstić information content (AvgIpc) is 3.79. The van der Waals surface area contributed by atoms with Crippen LogP contribution in [0.15, 0.2) is 54.9 Å². The Morgan fingerprint density at radius 2 is 1.68 bits per heavy atom. The number of ether oxygens (including phenoxy) is 3. The molecule has 1 aliphatic heterocycles. The molecule has 14 heteroatoms. The first-order valence-electron chi connectivity index (χ1n) is 14.0. The number of halogens is 4. The van der Waals surface area contributed by atoms with Gasteiger partial charge in [-0.2, -0.15) is 13.5 Å². The first kappa shape index (κ1) is 32.2. The molecule has 236 valence electrons. The molecule has 2 aliphatic rings. The van der Waals surface area contributed by atoms with Crippen LogP contribution in [-0.2, 0) is 27.5 Å². The van der Waals surface area contributed by atoms with Crippen LogP contribution < -0.4 is 14.2 Å². The fraction of sp³-hybridized carbons (Fsp3) is 0.400. The van der Waals surface area contributed by atoms with Crippen molar-refractivity contribution >= 4 is 39.0 Å². The number of benzene rings is 2. The molecule has 1 unspecified atom stereocenters. The summed E-state index contributed by atoms with van der Waals surface area (Å²) in [7, 11) is -2.99. The first-order chi connectivity index (χ1) is 21.0. The average molecular weight is 672 g/mol. The van der Waals surface area contributed by atoms with Crippen molar-refractivity contribution in [2.24, 2.45) is 5.92 Å². The van der Waals surface area contributed by atoms with E-state index < -0.39 is 28.5 Å². The quantitative estimate of drug-likeness (QED) is 0.143. The predicted molar refractivity (Wildman–Crippen MR) is 159 cm³/mol. The molecule has 1 atom stereocenters. The second-order valence-corrected chi connectivity index (χ2v) is 14.0. The molecule has 2 heterocycles. The highest BCUT2D eigenvalue weighted by atomic mass is 35.5. The fourth-order valence-corrected chi connectivity index (χ4v) is 6.65. The lowest BCUT2D eigenvalue weighted by molar-refractivity contribution is -0.605. The molecule has 0 amide bonds. The molecule has 0 N–H and O–H groups in total. The van der Waals surface area contributed by atoms with Crippen LogP contribution in [0.25, 0.3) is 0 Å². The Hall–Kier alpha value is -3.19. The zero-order valence-electron chi connectivity index (χ0n) is 23.5. The summed E-state index contributed by atoms with van der Waals surface area (Å²) in [5.41, 5.74) is 1.92. The van der Waals surface area contributed by atoms with Gasteiger partial charge in [-0.1, -0.05) is 41.4 Å². The molecule has 9 nitrogen and oxygen atoms in total. The number of aromatic nitrogens is 1. The molecule has 1 aliphatic carbocycles. The summed E-state index contributed by atoms with van der Waals surface area (Å²) < 4.78 is 66.5. The van der Waals surface area contributed by atoms with Gasteiger partial charge in [0.15, 0.2) is 33.7 Å². The molecular weight excluding hydrogens is 641 g/mol. The number of nitrogens with zero attached hydrogens (tertiary/aromatic N) is 2. The molecule has 2 fully saturated rings. The summed E-state index contributed by atoms with van der Waals surface area (Å²) in [4.78, 5) is 15.4. The zero-order chi connectivity index (χ0) is 31.4. The van der Waals surface area contributed by atoms with Gasteiger partial charge in [0.25, 0.3) is 0 Å². The lowest BCUT2D eigenvalue weighted by Crippen LogP contribution is -2.39. The van der Waals surface area contributed by atoms with Crippen molar-refractivity contribution in [3.63, 3.8) is 0 Å². The maximum atomic E-state index is 13.4. The molecule has 1 saturated carbocycles. The third kappa shape index (κ3) is 8.71. The molecule has 0 bridgehead atoms. The fourth-order valence-electron chi connectivity index (χ4n) is 4.77. The summed E-state index contributed by atoms with van der Waals surface area (Å²) in [6.45, 7) is -1.32. The van der Waals surface area contributed by atoms with Crippen molar-refractivity contribution < 1.29 is 40.9 Å². The lowest BCUT2D eigenvalue weighted by atomic mass is 10.0. The smallest absolute Gasteiger partial charge is 0.387 e. The normalized spacial score (nSPS) is 17.3. The van der Waals surface area contributed by atoms with Crippen molar-refractivity contribution in [1.29, 1.82) is 0 Å². The van der Waals surface area contributed by atoms with Crippen molar-refractivity contribution in [1.82, 2.24) is 4.90 Å². The van der Waals surface area contributed by atoms with Crippen molar-refractivity contribution in [2.75, 3.05) is 31.2 Å². The maximum absolute atomic E-state index is 13.4. The highest BCUT2D eigenvalue weighted by Crippen LogP contribution is 2.38. The van der Waals surface area contributed by atoms with Crippen molar-refractivity contribution in [3.8, 4) is 11.5 Å². The third-order valence-electron chi connectivity index (χ3n) is 7.46. The van der Waals surface area contributed by atoms with Gasteiger partial charge in [0.2, 0.25) is 0 Å². The van der Waals surface area contributed by atoms with Crippen molar-refractivity contribution in [3.05, 3.63) is 92.4 Å². The summed E-state index contributed by atoms with van der Waals surface area (Å²) in [5.74, 6) is -0.177. The largest absolute Gasteiger partial charge is 0.619 e. The summed E-state index contributed by atoms with van der Waals surface area (Å²) >= 11 is 12.7. The van der Waals surface area contributed by atoms with E-state index in [4.69, 9.17) is 32.7 Å². The highest BCUT2D eigenvalue weighted by molar-refractivity contribution is 7.91. The van der Waals surface area contributed by atoms with E-state index in [1.54, 1.807) is 24.3 Å². The zero-order valence-corrected chi connectivity index (χ0v) is 25.8. The number of esters is 1. The van der Waals surface area contributed by atoms with Crippen LogP contribution in [0.2, 0.25) is 10.0 Å². The van der Waals surface area contributed by atoms with Crippen LogP contribution >= 0.6 is 23.2 Å². The Kier molecular flexibility index (Phi) is 10.1. The third-order valence-corrected chi connectivity index (χ3v) is 9.72. The molecule has 44 heavy (non-hydrogen) atoms. The number of alkyl halides is 2. The Morgan fingerprint density at radius 1 is 1.02 bits per heavy atom. The van der Waals surface area contributed by atoms with Gasteiger partial charge in [0.05, 0.1) is 23.7 Å². The van der Waals surface area contributed by atoms with Gasteiger partial charge < -0.3 is 19.4 Å². The number of sulfone groups is 1. The number of carbonyl (C=O) groups excluding carboxylic acids is 1. The Morgan fingerprint density at radius 3 is 2.30 bits per heavy atom. The minimum Gasteiger partial charge on any atom is -0.619 e. The molecule has 0 radical (unpaired) electrons. The van der Waals surface area contributed by atoms with Gasteiger partial charge in [0.1, 0.15) is 16.1 Å². The van der Waals surface area contributed by atoms with Gasteiger partial charge in [-0.15, -0.1) is 0 Å². The Bertz CT molecular complexity index is 1570. The van der Waals surface area contributed by atoms with E-state index in [9.17, 15) is 27.2 Å². The number of hydrogen-bond acceptors (Lipinski definition) is 8. The molecule has 3 aromatic rings. The van der Waals surface area contributed by atoms with Crippen LogP contribution in [-0.4, -0.2) is 57.1 Å². The van der Waals surface area contributed by atoms with E-state index >= 15 is 0 Å². The Balaban J connectivity index is 1.38. The number of pyridine rings is 1. The lowest BCUT2D eigenvalue weighted by Gasteiger charge is -2.26. The monoisotopic (exact) mass is 670 g/mol. The SMILES string of the molecule is O=C(OC(Cc1c(Cl)c[n+]([O-])cc1Cl)c1ccc(OC(F)F)c(OCC2CC2)c1)c1ccc(CN2CCS(=O)(=O)CC2)cc1. The topological polar surface area (TPSA) is 109 Å². The minimum absolute atomic E-state index is 0.0304. The second-order valence-electron chi connectivity index (χ2n) is 10.9. The Labute approximate surface area is 263 Å². The second kappa shape index (κ2) is 13.8. The van der Waals surface area contributed by atoms with Gasteiger partial charge in [0, 0.05) is 31.6 Å². The van der Waals surface area contributed by atoms with E-state index in [1.807, 2.05) is 4.90 Å². The maximum Gasteiger partial charge on any atom is 0.387 e. The van der Waals surface area contributed by atoms with Gasteiger partial charge in [-0.05, 0) is 54.2 Å². The van der Waals surface area contributed by atoms with Gasteiger partial charge in [-0.25, -0.2) is 13.2 Å². The molecule has 5 rings (SSSR count). The highest BCUT2D eigenvalue weighted by Gasteiger charge is 2.27. The van der Waals surface area contributed by atoms with Crippen LogP contribution in [0.5, 0.6) is 11.5 Å². The van der Waals surface area contributed by atoms with E-state index in [0.717, 1.165) is 30.8 Å². The minimum atomic E-state index is -3.07. The number of carbonyl (C=O) groups is 1. The van der Waals surface area contributed by atoms with Gasteiger partial charge in [-0.3, -0.25) is 4.90 Å². The summed E-state index contributed by atoms with van der Waals surface area (Å²) in [6.07, 6.45) is 3.18. The van der Waals surface area contributed by atoms with Gasteiger partial charge >= 0.3 is 12.6 Å². The van der Waals surface area contributed by atoms with E-state index in [2.05, 4.69) is 4.74 Å². The molecule has 1 aromatic heterocycles. The number of rotatable bonds is 12. The molecular formula is C30H30Cl2F2N2O7S. The molecule has 2 aromatic carbocycles.